The molecule has 4 nitrogen and oxygen atoms in total. The van der Waals surface area contributed by atoms with Crippen molar-refractivity contribution in [3.8, 4) is 0 Å². The Balaban J connectivity index is 2.06. The third-order valence-corrected chi connectivity index (χ3v) is 2.75. The van der Waals surface area contributed by atoms with Gasteiger partial charge >= 0.3 is 5.97 Å². The Morgan fingerprint density at radius 1 is 0.947 bits per heavy atom. The minimum atomic E-state index is -0.504. The van der Waals surface area contributed by atoms with Crippen molar-refractivity contribution in [1.82, 2.24) is 0 Å². The van der Waals surface area contributed by atoms with E-state index < -0.39 is 5.97 Å². The summed E-state index contributed by atoms with van der Waals surface area (Å²) >= 11 is 0. The van der Waals surface area contributed by atoms with Gasteiger partial charge in [0.05, 0.1) is 11.3 Å². The van der Waals surface area contributed by atoms with Gasteiger partial charge in [-0.15, -0.1) is 5.11 Å². The van der Waals surface area contributed by atoms with Gasteiger partial charge in [-0.05, 0) is 37.1 Å². The SMILES string of the molecule is Cc1ccccc1N=NOC(=O)c1ccccc1C. The van der Waals surface area contributed by atoms with Crippen LogP contribution in [-0.2, 0) is 4.84 Å². The summed E-state index contributed by atoms with van der Waals surface area (Å²) in [5.41, 5.74) is 2.99. The molecule has 0 saturated carbocycles. The van der Waals surface area contributed by atoms with Crippen LogP contribution in [0.15, 0.2) is 58.9 Å². The van der Waals surface area contributed by atoms with E-state index in [4.69, 9.17) is 4.84 Å². The molecule has 0 aliphatic heterocycles. The van der Waals surface area contributed by atoms with Crippen LogP contribution in [0.4, 0.5) is 5.69 Å². The van der Waals surface area contributed by atoms with Crippen LogP contribution in [0.2, 0.25) is 0 Å². The molecular formula is C15H14N2O2. The average Bonchev–Trinajstić information content (AvgIpc) is 2.41. The van der Waals surface area contributed by atoms with Crippen molar-refractivity contribution in [3.05, 3.63) is 65.2 Å². The lowest BCUT2D eigenvalue weighted by Crippen LogP contribution is -2.02. The Hall–Kier alpha value is -2.49. The summed E-state index contributed by atoms with van der Waals surface area (Å²) in [5.74, 6) is -0.504. The molecule has 4 heteroatoms. The van der Waals surface area contributed by atoms with E-state index in [0.717, 1.165) is 11.1 Å². The molecule has 0 aliphatic rings. The van der Waals surface area contributed by atoms with Crippen molar-refractivity contribution in [2.45, 2.75) is 13.8 Å². The maximum Gasteiger partial charge on any atom is 0.367 e. The van der Waals surface area contributed by atoms with Gasteiger partial charge in [0.2, 0.25) is 0 Å². The summed E-state index contributed by atoms with van der Waals surface area (Å²) in [5, 5.41) is 7.38. The lowest BCUT2D eigenvalue weighted by molar-refractivity contribution is 0.0482. The van der Waals surface area contributed by atoms with Crippen molar-refractivity contribution < 1.29 is 9.63 Å². The van der Waals surface area contributed by atoms with E-state index in [2.05, 4.69) is 10.4 Å². The van der Waals surface area contributed by atoms with E-state index in [9.17, 15) is 4.79 Å². The number of carbonyl (C=O) groups excluding carboxylic acids is 1. The van der Waals surface area contributed by atoms with Crippen LogP contribution in [0.1, 0.15) is 21.5 Å². The van der Waals surface area contributed by atoms with E-state index in [1.807, 2.05) is 44.2 Å². The van der Waals surface area contributed by atoms with Crippen LogP contribution in [0.25, 0.3) is 0 Å². The summed E-state index contributed by atoms with van der Waals surface area (Å²) < 4.78 is 0. The van der Waals surface area contributed by atoms with E-state index in [-0.39, 0.29) is 0 Å². The number of hydrogen-bond donors (Lipinski definition) is 0. The molecular weight excluding hydrogens is 240 g/mol. The molecule has 0 radical (unpaired) electrons. The van der Waals surface area contributed by atoms with Crippen molar-refractivity contribution >= 4 is 11.7 Å². The molecule has 19 heavy (non-hydrogen) atoms. The van der Waals surface area contributed by atoms with Gasteiger partial charge in [-0.3, -0.25) is 4.84 Å². The van der Waals surface area contributed by atoms with Crippen LogP contribution in [0.5, 0.6) is 0 Å². The topological polar surface area (TPSA) is 51.0 Å². The number of benzene rings is 2. The molecule has 2 rings (SSSR count). The quantitative estimate of drug-likeness (QED) is 0.610. The van der Waals surface area contributed by atoms with E-state index in [1.165, 1.54) is 0 Å². The summed E-state index contributed by atoms with van der Waals surface area (Å²) in [6, 6.07) is 14.7. The van der Waals surface area contributed by atoms with Crippen molar-refractivity contribution in [3.63, 3.8) is 0 Å². The van der Waals surface area contributed by atoms with E-state index in [1.54, 1.807) is 18.2 Å². The summed E-state index contributed by atoms with van der Waals surface area (Å²) in [6.07, 6.45) is 0. The first-order chi connectivity index (χ1) is 9.18. The molecule has 0 fully saturated rings. The van der Waals surface area contributed by atoms with E-state index >= 15 is 0 Å². The van der Waals surface area contributed by atoms with Crippen LogP contribution < -0.4 is 0 Å². The highest BCUT2D eigenvalue weighted by Gasteiger charge is 2.09. The Labute approximate surface area is 111 Å². The predicted molar refractivity (Wildman–Crippen MR) is 72.3 cm³/mol. The predicted octanol–water partition coefficient (Wildman–Crippen LogP) is 4.16. The molecule has 0 aliphatic carbocycles. The fourth-order valence-electron chi connectivity index (χ4n) is 1.63. The van der Waals surface area contributed by atoms with E-state index in [0.29, 0.717) is 11.3 Å². The molecule has 2 aromatic rings. The lowest BCUT2D eigenvalue weighted by atomic mass is 10.1. The second kappa shape index (κ2) is 5.91. The zero-order chi connectivity index (χ0) is 13.7. The van der Waals surface area contributed by atoms with Gasteiger partial charge in [-0.1, -0.05) is 36.4 Å². The minimum Gasteiger partial charge on any atom is -0.294 e. The first kappa shape index (κ1) is 13.0. The van der Waals surface area contributed by atoms with Gasteiger partial charge < -0.3 is 0 Å². The van der Waals surface area contributed by atoms with Crippen LogP contribution in [0.3, 0.4) is 0 Å². The highest BCUT2D eigenvalue weighted by atomic mass is 16.7. The largest absolute Gasteiger partial charge is 0.367 e. The first-order valence-corrected chi connectivity index (χ1v) is 5.92. The van der Waals surface area contributed by atoms with Crippen molar-refractivity contribution in [1.29, 1.82) is 0 Å². The van der Waals surface area contributed by atoms with Crippen molar-refractivity contribution in [2.24, 2.45) is 10.4 Å². The zero-order valence-corrected chi connectivity index (χ0v) is 10.8. The van der Waals surface area contributed by atoms with Crippen LogP contribution in [0, 0.1) is 13.8 Å². The maximum atomic E-state index is 11.8. The highest BCUT2D eigenvalue weighted by molar-refractivity contribution is 5.90. The molecule has 0 atom stereocenters. The number of hydrogen-bond acceptors (Lipinski definition) is 4. The monoisotopic (exact) mass is 254 g/mol. The molecule has 0 unspecified atom stereocenters. The molecule has 96 valence electrons. The standard InChI is InChI=1S/C15H14N2O2/c1-11-7-3-5-9-13(11)15(18)19-17-16-14-10-6-4-8-12(14)2/h3-10H,1-2H3. The Bertz CT molecular complexity index is 621. The fraction of sp³-hybridized carbons (Fsp3) is 0.133. The Kier molecular flexibility index (Phi) is 4.03. The average molecular weight is 254 g/mol. The Morgan fingerprint density at radius 2 is 1.58 bits per heavy atom. The van der Waals surface area contributed by atoms with Crippen LogP contribution in [-0.4, -0.2) is 5.97 Å². The van der Waals surface area contributed by atoms with Gasteiger partial charge in [0, 0.05) is 5.28 Å². The number of aryl methyl sites for hydroxylation is 2. The molecule has 0 N–H and O–H groups in total. The van der Waals surface area contributed by atoms with Crippen molar-refractivity contribution in [2.75, 3.05) is 0 Å². The summed E-state index contributed by atoms with van der Waals surface area (Å²) in [4.78, 5) is 16.6. The molecule has 0 aromatic heterocycles. The number of carbonyl (C=O) groups is 1. The molecule has 0 heterocycles. The summed E-state index contributed by atoms with van der Waals surface area (Å²) in [6.45, 7) is 3.76. The number of nitrogens with zero attached hydrogens (tertiary/aromatic N) is 2. The van der Waals surface area contributed by atoms with Gasteiger partial charge in [-0.25, -0.2) is 4.79 Å². The second-order valence-corrected chi connectivity index (χ2v) is 4.16. The normalized spacial score (nSPS) is 10.6. The molecule has 0 spiro atoms. The maximum absolute atomic E-state index is 11.8. The zero-order valence-electron chi connectivity index (χ0n) is 10.8. The van der Waals surface area contributed by atoms with Gasteiger partial charge in [0.1, 0.15) is 0 Å². The molecule has 2 aromatic carbocycles. The summed E-state index contributed by atoms with van der Waals surface area (Å²) in [7, 11) is 0. The number of rotatable bonds is 3. The molecule has 0 bridgehead atoms. The minimum absolute atomic E-state index is 0.492. The van der Waals surface area contributed by atoms with Gasteiger partial charge in [0.15, 0.2) is 0 Å². The molecule has 0 amide bonds. The lowest BCUT2D eigenvalue weighted by Gasteiger charge is -2.01. The Morgan fingerprint density at radius 3 is 2.26 bits per heavy atom. The third kappa shape index (κ3) is 3.25. The second-order valence-electron chi connectivity index (χ2n) is 4.16. The van der Waals surface area contributed by atoms with Gasteiger partial charge in [0.25, 0.3) is 0 Å². The smallest absolute Gasteiger partial charge is 0.294 e. The van der Waals surface area contributed by atoms with Gasteiger partial charge in [-0.2, -0.15) is 0 Å². The third-order valence-electron chi connectivity index (χ3n) is 2.75. The highest BCUT2D eigenvalue weighted by Crippen LogP contribution is 2.17. The first-order valence-electron chi connectivity index (χ1n) is 5.92. The van der Waals surface area contributed by atoms with Crippen LogP contribution >= 0.6 is 0 Å². The molecule has 0 saturated heterocycles. The fourth-order valence-corrected chi connectivity index (χ4v) is 1.63.